The number of nitrogens with zero attached hydrogens (tertiary/aromatic N) is 3. The van der Waals surface area contributed by atoms with Gasteiger partial charge in [0.1, 0.15) is 5.82 Å². The van der Waals surface area contributed by atoms with Crippen LogP contribution in [0.5, 0.6) is 0 Å². The standard InChI is InChI=1S/C14H11N3OS/c1-19-14-16-11-7-3-2-6-10(11)13(18)17(14)12-8-4-5-9-15-12/h2-9H,1H3. The number of hydrogen-bond donors (Lipinski definition) is 0. The van der Waals surface area contributed by atoms with Gasteiger partial charge in [-0.3, -0.25) is 4.79 Å². The molecule has 0 aliphatic heterocycles. The van der Waals surface area contributed by atoms with Gasteiger partial charge in [-0.25, -0.2) is 14.5 Å². The fourth-order valence-electron chi connectivity index (χ4n) is 1.94. The van der Waals surface area contributed by atoms with Crippen LogP contribution in [0.1, 0.15) is 0 Å². The van der Waals surface area contributed by atoms with Crippen molar-refractivity contribution in [2.24, 2.45) is 0 Å². The first-order chi connectivity index (χ1) is 9.31. The topological polar surface area (TPSA) is 47.8 Å². The minimum atomic E-state index is -0.0892. The number of para-hydroxylation sites is 1. The van der Waals surface area contributed by atoms with Gasteiger partial charge in [0, 0.05) is 6.20 Å². The fourth-order valence-corrected chi connectivity index (χ4v) is 2.49. The molecule has 1 aromatic carbocycles. The smallest absolute Gasteiger partial charge is 0.267 e. The molecule has 2 aromatic heterocycles. The van der Waals surface area contributed by atoms with Gasteiger partial charge in [0.05, 0.1) is 10.9 Å². The summed E-state index contributed by atoms with van der Waals surface area (Å²) in [6, 6.07) is 12.8. The summed E-state index contributed by atoms with van der Waals surface area (Å²) in [5.74, 6) is 0.593. The van der Waals surface area contributed by atoms with E-state index in [2.05, 4.69) is 9.97 Å². The van der Waals surface area contributed by atoms with Crippen LogP contribution in [-0.2, 0) is 0 Å². The summed E-state index contributed by atoms with van der Waals surface area (Å²) < 4.78 is 1.55. The van der Waals surface area contributed by atoms with Crippen molar-refractivity contribution in [1.82, 2.24) is 14.5 Å². The summed E-state index contributed by atoms with van der Waals surface area (Å²) in [5.41, 5.74) is 0.623. The summed E-state index contributed by atoms with van der Waals surface area (Å²) in [7, 11) is 0. The molecule has 3 aromatic rings. The average Bonchev–Trinajstić information content (AvgIpc) is 2.48. The molecule has 0 bridgehead atoms. The lowest BCUT2D eigenvalue weighted by Gasteiger charge is -2.10. The molecule has 0 saturated carbocycles. The van der Waals surface area contributed by atoms with Crippen LogP contribution in [0, 0.1) is 0 Å². The highest BCUT2D eigenvalue weighted by Gasteiger charge is 2.11. The molecular formula is C14H11N3OS. The molecule has 4 nitrogen and oxygen atoms in total. The SMILES string of the molecule is CSc1nc2ccccc2c(=O)n1-c1ccccn1. The van der Waals surface area contributed by atoms with Crippen LogP contribution in [0.4, 0.5) is 0 Å². The van der Waals surface area contributed by atoms with Gasteiger partial charge in [0.15, 0.2) is 5.16 Å². The Labute approximate surface area is 114 Å². The second kappa shape index (κ2) is 4.85. The number of hydrogen-bond acceptors (Lipinski definition) is 4. The molecule has 2 heterocycles. The maximum absolute atomic E-state index is 12.6. The van der Waals surface area contributed by atoms with Gasteiger partial charge < -0.3 is 0 Å². The van der Waals surface area contributed by atoms with E-state index in [4.69, 9.17) is 0 Å². The van der Waals surface area contributed by atoms with Crippen molar-refractivity contribution in [3.63, 3.8) is 0 Å². The van der Waals surface area contributed by atoms with Gasteiger partial charge in [-0.1, -0.05) is 30.0 Å². The van der Waals surface area contributed by atoms with Crippen LogP contribution in [0.2, 0.25) is 0 Å². The van der Waals surface area contributed by atoms with E-state index in [9.17, 15) is 4.79 Å². The third kappa shape index (κ3) is 2.02. The first-order valence-corrected chi connectivity index (χ1v) is 7.01. The molecule has 0 N–H and O–H groups in total. The highest BCUT2D eigenvalue weighted by atomic mass is 32.2. The number of pyridine rings is 1. The molecule has 0 aliphatic rings. The molecule has 0 fully saturated rings. The average molecular weight is 269 g/mol. The normalized spacial score (nSPS) is 10.8. The Bertz CT molecular complexity index is 784. The van der Waals surface area contributed by atoms with Crippen molar-refractivity contribution in [2.45, 2.75) is 5.16 Å². The Morgan fingerprint density at radius 3 is 2.63 bits per heavy atom. The van der Waals surface area contributed by atoms with Crippen molar-refractivity contribution >= 4 is 22.7 Å². The number of fused-ring (bicyclic) bond motifs is 1. The molecular weight excluding hydrogens is 258 g/mol. The Morgan fingerprint density at radius 2 is 1.89 bits per heavy atom. The second-order valence-electron chi connectivity index (χ2n) is 3.94. The second-order valence-corrected chi connectivity index (χ2v) is 4.72. The zero-order valence-electron chi connectivity index (χ0n) is 10.3. The number of rotatable bonds is 2. The molecule has 5 heteroatoms. The lowest BCUT2D eigenvalue weighted by molar-refractivity contribution is 0.797. The van der Waals surface area contributed by atoms with Crippen LogP contribution in [0.15, 0.2) is 58.6 Å². The van der Waals surface area contributed by atoms with E-state index < -0.39 is 0 Å². The molecule has 0 saturated heterocycles. The van der Waals surface area contributed by atoms with Gasteiger partial charge in [-0.15, -0.1) is 0 Å². The fraction of sp³-hybridized carbons (Fsp3) is 0.0714. The minimum absolute atomic E-state index is 0.0892. The van der Waals surface area contributed by atoms with Crippen LogP contribution >= 0.6 is 11.8 Å². The summed E-state index contributed by atoms with van der Waals surface area (Å²) in [6.07, 6.45) is 3.57. The van der Waals surface area contributed by atoms with Crippen LogP contribution in [-0.4, -0.2) is 20.8 Å². The molecule has 3 rings (SSSR count). The third-order valence-corrected chi connectivity index (χ3v) is 3.44. The lowest BCUT2D eigenvalue weighted by Crippen LogP contribution is -2.22. The Morgan fingerprint density at radius 1 is 1.11 bits per heavy atom. The van der Waals surface area contributed by atoms with E-state index in [-0.39, 0.29) is 5.56 Å². The molecule has 0 radical (unpaired) electrons. The Balaban J connectivity index is 2.41. The van der Waals surface area contributed by atoms with Crippen molar-refractivity contribution in [2.75, 3.05) is 6.26 Å². The lowest BCUT2D eigenvalue weighted by atomic mass is 10.2. The van der Waals surface area contributed by atoms with Crippen LogP contribution in [0.25, 0.3) is 16.7 Å². The first kappa shape index (κ1) is 11.9. The molecule has 0 unspecified atom stereocenters. The summed E-state index contributed by atoms with van der Waals surface area (Å²) >= 11 is 1.43. The summed E-state index contributed by atoms with van der Waals surface area (Å²) in [6.45, 7) is 0. The van der Waals surface area contributed by atoms with Gasteiger partial charge in [0.2, 0.25) is 0 Å². The van der Waals surface area contributed by atoms with E-state index >= 15 is 0 Å². The zero-order valence-corrected chi connectivity index (χ0v) is 11.1. The highest BCUT2D eigenvalue weighted by Crippen LogP contribution is 2.17. The van der Waals surface area contributed by atoms with Crippen molar-refractivity contribution < 1.29 is 0 Å². The number of benzene rings is 1. The Kier molecular flexibility index (Phi) is 3.05. The molecule has 94 valence electrons. The van der Waals surface area contributed by atoms with E-state index in [0.717, 1.165) is 0 Å². The maximum atomic E-state index is 12.6. The predicted octanol–water partition coefficient (Wildman–Crippen LogP) is 2.50. The number of thioether (sulfide) groups is 1. The van der Waals surface area contributed by atoms with Gasteiger partial charge in [0.25, 0.3) is 5.56 Å². The van der Waals surface area contributed by atoms with Crippen molar-refractivity contribution in [3.8, 4) is 5.82 Å². The molecule has 0 aliphatic carbocycles. The maximum Gasteiger partial charge on any atom is 0.267 e. The predicted molar refractivity (Wildman–Crippen MR) is 76.9 cm³/mol. The highest BCUT2D eigenvalue weighted by molar-refractivity contribution is 7.98. The minimum Gasteiger partial charge on any atom is -0.268 e. The van der Waals surface area contributed by atoms with Crippen LogP contribution in [0.3, 0.4) is 0 Å². The van der Waals surface area contributed by atoms with E-state index in [0.29, 0.717) is 21.9 Å². The molecule has 0 amide bonds. The van der Waals surface area contributed by atoms with E-state index in [1.165, 1.54) is 11.8 Å². The van der Waals surface area contributed by atoms with Crippen molar-refractivity contribution in [3.05, 3.63) is 59.0 Å². The largest absolute Gasteiger partial charge is 0.268 e. The van der Waals surface area contributed by atoms with Gasteiger partial charge >= 0.3 is 0 Å². The van der Waals surface area contributed by atoms with Gasteiger partial charge in [-0.2, -0.15) is 0 Å². The molecule has 19 heavy (non-hydrogen) atoms. The molecule has 0 atom stereocenters. The monoisotopic (exact) mass is 269 g/mol. The zero-order chi connectivity index (χ0) is 13.2. The summed E-state index contributed by atoms with van der Waals surface area (Å²) in [5, 5.41) is 1.24. The van der Waals surface area contributed by atoms with Crippen LogP contribution < -0.4 is 5.56 Å². The molecule has 0 spiro atoms. The van der Waals surface area contributed by atoms with Crippen molar-refractivity contribution in [1.29, 1.82) is 0 Å². The van der Waals surface area contributed by atoms with E-state index in [1.54, 1.807) is 22.9 Å². The first-order valence-electron chi connectivity index (χ1n) is 5.78. The Hall–Kier alpha value is -2.14. The summed E-state index contributed by atoms with van der Waals surface area (Å²) in [4.78, 5) is 21.3. The number of aromatic nitrogens is 3. The van der Waals surface area contributed by atoms with E-state index in [1.807, 2.05) is 36.6 Å². The van der Waals surface area contributed by atoms with Gasteiger partial charge in [-0.05, 0) is 30.5 Å². The quantitative estimate of drug-likeness (QED) is 0.530. The third-order valence-electron chi connectivity index (χ3n) is 2.81.